The van der Waals surface area contributed by atoms with E-state index in [4.69, 9.17) is 9.47 Å². The minimum Gasteiger partial charge on any atom is -0.483 e. The second-order valence-corrected chi connectivity index (χ2v) is 5.92. The standard InChI is InChI=1S/C22H18O2/c1-3-7-17(8-4-1)22(18-9-5-2-6-10-18)19-11-13-20(14-12-19)23-15-21-16-24-21/h1-11,13,21-22H,15-16H2. The lowest BCUT2D eigenvalue weighted by Crippen LogP contribution is -2.05. The zero-order chi connectivity index (χ0) is 16.2. The number of hydrogen-bond donors (Lipinski definition) is 0. The predicted molar refractivity (Wildman–Crippen MR) is 93.2 cm³/mol. The maximum Gasteiger partial charge on any atom is 0.170 e. The van der Waals surface area contributed by atoms with Crippen molar-refractivity contribution in [3.05, 3.63) is 102 Å². The second-order valence-electron chi connectivity index (χ2n) is 5.92. The minimum atomic E-state index is 0.143. The van der Waals surface area contributed by atoms with Crippen LogP contribution in [0.2, 0.25) is 0 Å². The zero-order valence-electron chi connectivity index (χ0n) is 13.3. The summed E-state index contributed by atoms with van der Waals surface area (Å²) in [5.41, 5.74) is 3.57. The average Bonchev–Trinajstić information content (AvgIpc) is 3.48. The first-order chi connectivity index (χ1) is 11.9. The molecule has 118 valence electrons. The zero-order valence-corrected chi connectivity index (χ0v) is 13.3. The molecule has 1 aliphatic rings. The van der Waals surface area contributed by atoms with Crippen LogP contribution in [0, 0.1) is 12.1 Å². The van der Waals surface area contributed by atoms with Gasteiger partial charge >= 0.3 is 0 Å². The van der Waals surface area contributed by atoms with Gasteiger partial charge in [-0.25, -0.2) is 0 Å². The highest BCUT2D eigenvalue weighted by Crippen LogP contribution is 2.31. The van der Waals surface area contributed by atoms with Gasteiger partial charge < -0.3 is 9.47 Å². The summed E-state index contributed by atoms with van der Waals surface area (Å²) in [6.07, 6.45) is 0.250. The smallest absolute Gasteiger partial charge is 0.170 e. The molecule has 0 amide bonds. The van der Waals surface area contributed by atoms with Crippen LogP contribution in [0.5, 0.6) is 5.75 Å². The van der Waals surface area contributed by atoms with E-state index in [9.17, 15) is 0 Å². The molecule has 0 aromatic heterocycles. The van der Waals surface area contributed by atoms with Gasteiger partial charge in [-0.05, 0) is 29.3 Å². The van der Waals surface area contributed by atoms with Crippen molar-refractivity contribution in [1.29, 1.82) is 0 Å². The van der Waals surface area contributed by atoms with E-state index in [1.54, 1.807) is 0 Å². The van der Waals surface area contributed by atoms with Crippen molar-refractivity contribution in [2.24, 2.45) is 0 Å². The third-order valence-electron chi connectivity index (χ3n) is 4.15. The van der Waals surface area contributed by atoms with E-state index >= 15 is 0 Å². The van der Waals surface area contributed by atoms with Crippen LogP contribution in [0.4, 0.5) is 0 Å². The fraction of sp³-hybridized carbons (Fsp3) is 0.182. The summed E-state index contributed by atoms with van der Waals surface area (Å²) in [4.78, 5) is 0. The van der Waals surface area contributed by atoms with Gasteiger partial charge in [-0.1, -0.05) is 66.7 Å². The van der Waals surface area contributed by atoms with E-state index in [0.717, 1.165) is 12.2 Å². The lowest BCUT2D eigenvalue weighted by molar-refractivity contribution is 0.263. The van der Waals surface area contributed by atoms with Crippen LogP contribution in [0.1, 0.15) is 22.6 Å². The Balaban J connectivity index is 1.63. The second kappa shape index (κ2) is 6.78. The first-order valence-corrected chi connectivity index (χ1v) is 8.18. The van der Waals surface area contributed by atoms with Crippen molar-refractivity contribution in [2.75, 3.05) is 13.2 Å². The number of rotatable bonds is 6. The van der Waals surface area contributed by atoms with Crippen LogP contribution in [0.15, 0.2) is 72.8 Å². The average molecular weight is 314 g/mol. The molecule has 24 heavy (non-hydrogen) atoms. The molecular weight excluding hydrogens is 296 g/mol. The van der Waals surface area contributed by atoms with Gasteiger partial charge in [0.15, 0.2) is 5.75 Å². The number of hydrogen-bond acceptors (Lipinski definition) is 2. The molecule has 0 N–H and O–H groups in total. The van der Waals surface area contributed by atoms with Gasteiger partial charge in [-0.3, -0.25) is 0 Å². The lowest BCUT2D eigenvalue weighted by Gasteiger charge is -2.17. The number of benzene rings is 2. The van der Waals surface area contributed by atoms with Crippen molar-refractivity contribution in [3.8, 4) is 5.75 Å². The third kappa shape index (κ3) is 3.42. The summed E-state index contributed by atoms with van der Waals surface area (Å²) in [6, 6.07) is 31.4. The molecule has 2 nitrogen and oxygen atoms in total. The predicted octanol–water partition coefficient (Wildman–Crippen LogP) is 4.24. The van der Waals surface area contributed by atoms with Crippen LogP contribution >= 0.6 is 0 Å². The molecule has 1 saturated heterocycles. The fourth-order valence-electron chi connectivity index (χ4n) is 2.82. The van der Waals surface area contributed by atoms with Crippen molar-refractivity contribution >= 4 is 0 Å². The molecular formula is C22H18O2. The fourth-order valence-corrected chi connectivity index (χ4v) is 2.82. The van der Waals surface area contributed by atoms with Crippen LogP contribution in [-0.4, -0.2) is 19.3 Å². The van der Waals surface area contributed by atoms with E-state index in [2.05, 4.69) is 66.7 Å². The molecule has 4 rings (SSSR count). The van der Waals surface area contributed by atoms with Crippen LogP contribution in [0.25, 0.3) is 0 Å². The Morgan fingerprint density at radius 2 is 1.50 bits per heavy atom. The Hall–Kier alpha value is -2.76. The van der Waals surface area contributed by atoms with Gasteiger partial charge in [0.1, 0.15) is 12.7 Å². The molecule has 1 fully saturated rings. The quantitative estimate of drug-likeness (QED) is 0.635. The Labute approximate surface area is 142 Å². The van der Waals surface area contributed by atoms with E-state index in [0.29, 0.717) is 12.4 Å². The summed E-state index contributed by atoms with van der Waals surface area (Å²) in [5, 5.41) is 0. The normalized spacial score (nSPS) is 15.8. The largest absolute Gasteiger partial charge is 0.483 e. The van der Waals surface area contributed by atoms with E-state index in [1.807, 2.05) is 18.2 Å². The summed E-state index contributed by atoms with van der Waals surface area (Å²) in [5.74, 6) is 0.860. The molecule has 0 saturated carbocycles. The summed E-state index contributed by atoms with van der Waals surface area (Å²) in [6.45, 7) is 1.39. The summed E-state index contributed by atoms with van der Waals surface area (Å²) >= 11 is 0. The highest BCUT2D eigenvalue weighted by atomic mass is 16.6. The molecule has 3 aromatic carbocycles. The molecule has 3 aromatic rings. The van der Waals surface area contributed by atoms with Gasteiger partial charge in [-0.2, -0.15) is 0 Å². The van der Waals surface area contributed by atoms with Gasteiger partial charge in [0.2, 0.25) is 0 Å². The first-order valence-electron chi connectivity index (χ1n) is 8.18. The Morgan fingerprint density at radius 1 is 0.875 bits per heavy atom. The number of epoxide rings is 1. The molecule has 1 aliphatic heterocycles. The van der Waals surface area contributed by atoms with Crippen molar-refractivity contribution in [3.63, 3.8) is 0 Å². The van der Waals surface area contributed by atoms with Crippen LogP contribution in [-0.2, 0) is 4.74 Å². The molecule has 0 spiro atoms. The Bertz CT molecular complexity index is 723. The molecule has 2 heteroatoms. The molecule has 1 atom stereocenters. The molecule has 0 radical (unpaired) electrons. The van der Waals surface area contributed by atoms with Crippen LogP contribution in [0.3, 0.4) is 0 Å². The third-order valence-corrected chi connectivity index (χ3v) is 4.15. The van der Waals surface area contributed by atoms with Gasteiger partial charge in [0.05, 0.1) is 6.61 Å². The summed E-state index contributed by atoms with van der Waals surface area (Å²) in [7, 11) is 0. The molecule has 1 unspecified atom stereocenters. The minimum absolute atomic E-state index is 0.143. The molecule has 0 aliphatic carbocycles. The highest BCUT2D eigenvalue weighted by Gasteiger charge is 2.23. The Morgan fingerprint density at radius 3 is 2.00 bits per heavy atom. The van der Waals surface area contributed by atoms with Crippen molar-refractivity contribution in [2.45, 2.75) is 12.0 Å². The maximum absolute atomic E-state index is 5.66. The van der Waals surface area contributed by atoms with Crippen molar-refractivity contribution < 1.29 is 9.47 Å². The number of ether oxygens (including phenoxy) is 2. The van der Waals surface area contributed by atoms with E-state index < -0.39 is 0 Å². The Kier molecular flexibility index (Phi) is 4.18. The van der Waals surface area contributed by atoms with Crippen LogP contribution < -0.4 is 4.74 Å². The molecule has 1 heterocycles. The van der Waals surface area contributed by atoms with Gasteiger partial charge in [0.25, 0.3) is 0 Å². The SMILES string of the molecule is c1c(OCC2CO2)ccc(C(c2ccccc2)c2ccccc2)c#1. The van der Waals surface area contributed by atoms with E-state index in [1.165, 1.54) is 11.1 Å². The van der Waals surface area contributed by atoms with Crippen molar-refractivity contribution in [1.82, 2.24) is 0 Å². The lowest BCUT2D eigenvalue weighted by atomic mass is 9.86. The van der Waals surface area contributed by atoms with Gasteiger partial charge in [0, 0.05) is 11.5 Å². The summed E-state index contributed by atoms with van der Waals surface area (Å²) < 4.78 is 10.8. The molecule has 0 bridgehead atoms. The topological polar surface area (TPSA) is 21.8 Å². The monoisotopic (exact) mass is 314 g/mol. The van der Waals surface area contributed by atoms with E-state index in [-0.39, 0.29) is 12.0 Å². The van der Waals surface area contributed by atoms with Gasteiger partial charge in [-0.15, -0.1) is 0 Å². The first kappa shape index (κ1) is 14.8. The highest BCUT2D eigenvalue weighted by molar-refractivity contribution is 5.42. The maximum atomic E-state index is 5.66.